The van der Waals surface area contributed by atoms with E-state index in [2.05, 4.69) is 9.97 Å². The molecule has 0 saturated heterocycles. The lowest BCUT2D eigenvalue weighted by Crippen LogP contribution is -2.14. The Balaban J connectivity index is 1.84. The van der Waals surface area contributed by atoms with Gasteiger partial charge in [-0.2, -0.15) is 0 Å². The van der Waals surface area contributed by atoms with E-state index in [1.165, 1.54) is 0 Å². The van der Waals surface area contributed by atoms with Crippen molar-refractivity contribution < 1.29 is 0 Å². The van der Waals surface area contributed by atoms with E-state index in [0.29, 0.717) is 5.56 Å². The molecule has 0 aliphatic rings. The third-order valence-electron chi connectivity index (χ3n) is 3.64. The van der Waals surface area contributed by atoms with Crippen molar-refractivity contribution in [1.29, 1.82) is 10.8 Å². The zero-order chi connectivity index (χ0) is 17.1. The number of hydrogen-bond donors (Lipinski definition) is 4. The fourth-order valence-corrected chi connectivity index (χ4v) is 2.31. The summed E-state index contributed by atoms with van der Waals surface area (Å²) in [6.45, 7) is 0. The second-order valence-corrected chi connectivity index (χ2v) is 5.28. The number of nitrogen functional groups attached to an aromatic ring is 2. The van der Waals surface area contributed by atoms with Gasteiger partial charge in [0, 0.05) is 23.5 Å². The highest BCUT2D eigenvalue weighted by atomic mass is 14.9. The molecule has 24 heavy (non-hydrogen) atoms. The van der Waals surface area contributed by atoms with Gasteiger partial charge < -0.3 is 11.5 Å². The number of nitrogens with two attached hydrogens (primary N) is 2. The van der Waals surface area contributed by atoms with Crippen molar-refractivity contribution in [1.82, 2.24) is 9.97 Å². The summed E-state index contributed by atoms with van der Waals surface area (Å²) in [6.07, 6.45) is 3.31. The average Bonchev–Trinajstić information content (AvgIpc) is 2.62. The standard InChI is InChI=1S/C18H16N6/c19-16(20)14-7-5-12(6-8-14)11-1-3-13(4-2-11)15-9-23-18(17(21)22)24-10-15/h1-10H,(H3,19,20)(H3,21,22). The van der Waals surface area contributed by atoms with Gasteiger partial charge in [0.05, 0.1) is 0 Å². The first kappa shape index (κ1) is 15.4. The molecule has 0 aliphatic heterocycles. The minimum Gasteiger partial charge on any atom is -0.384 e. The van der Waals surface area contributed by atoms with Crippen molar-refractivity contribution in [3.05, 3.63) is 72.3 Å². The monoisotopic (exact) mass is 316 g/mol. The molecule has 3 aromatic rings. The summed E-state index contributed by atoms with van der Waals surface area (Å²) in [4.78, 5) is 8.14. The van der Waals surface area contributed by atoms with Crippen molar-refractivity contribution in [3.63, 3.8) is 0 Å². The van der Waals surface area contributed by atoms with Crippen molar-refractivity contribution in [2.24, 2.45) is 11.5 Å². The van der Waals surface area contributed by atoms with Gasteiger partial charge in [0.1, 0.15) is 5.84 Å². The van der Waals surface area contributed by atoms with Crippen molar-refractivity contribution >= 4 is 11.7 Å². The molecule has 1 heterocycles. The molecule has 0 bridgehead atoms. The summed E-state index contributed by atoms with van der Waals surface area (Å²) in [7, 11) is 0. The molecule has 0 aliphatic carbocycles. The number of aromatic nitrogens is 2. The van der Waals surface area contributed by atoms with Gasteiger partial charge in [-0.15, -0.1) is 0 Å². The first-order valence-electron chi connectivity index (χ1n) is 7.26. The van der Waals surface area contributed by atoms with Gasteiger partial charge in [0.15, 0.2) is 11.7 Å². The van der Waals surface area contributed by atoms with Crippen LogP contribution in [-0.4, -0.2) is 21.6 Å². The second-order valence-electron chi connectivity index (χ2n) is 5.28. The highest BCUT2D eigenvalue weighted by molar-refractivity contribution is 5.95. The number of nitrogens with one attached hydrogen (secondary N) is 2. The highest BCUT2D eigenvalue weighted by Crippen LogP contribution is 2.24. The van der Waals surface area contributed by atoms with E-state index in [4.69, 9.17) is 22.3 Å². The van der Waals surface area contributed by atoms with Crippen LogP contribution in [0.25, 0.3) is 22.3 Å². The molecule has 3 rings (SSSR count). The van der Waals surface area contributed by atoms with Crippen LogP contribution < -0.4 is 11.5 Å². The lowest BCUT2D eigenvalue weighted by Gasteiger charge is -2.06. The molecule has 0 spiro atoms. The molecule has 0 unspecified atom stereocenters. The Morgan fingerprint density at radius 2 is 1.04 bits per heavy atom. The molecule has 6 nitrogen and oxygen atoms in total. The van der Waals surface area contributed by atoms with Gasteiger partial charge >= 0.3 is 0 Å². The van der Waals surface area contributed by atoms with Gasteiger partial charge in [-0.05, 0) is 16.7 Å². The zero-order valence-corrected chi connectivity index (χ0v) is 12.8. The summed E-state index contributed by atoms with van der Waals surface area (Å²) in [5.41, 5.74) is 15.5. The minimum atomic E-state index is -0.147. The van der Waals surface area contributed by atoms with E-state index in [1.54, 1.807) is 12.4 Å². The summed E-state index contributed by atoms with van der Waals surface area (Å²) in [6, 6.07) is 15.5. The molecule has 0 atom stereocenters. The first-order chi connectivity index (χ1) is 11.5. The summed E-state index contributed by atoms with van der Waals surface area (Å²) in [5, 5.41) is 14.7. The molecule has 6 N–H and O–H groups in total. The Morgan fingerprint density at radius 3 is 1.46 bits per heavy atom. The summed E-state index contributed by atoms with van der Waals surface area (Å²) in [5.74, 6) is 0.137. The number of hydrogen-bond acceptors (Lipinski definition) is 4. The van der Waals surface area contributed by atoms with Crippen LogP contribution in [0.2, 0.25) is 0 Å². The molecule has 2 aromatic carbocycles. The molecule has 0 radical (unpaired) electrons. The third-order valence-corrected chi connectivity index (χ3v) is 3.64. The maximum absolute atomic E-state index is 7.42. The topological polar surface area (TPSA) is 126 Å². The Hall–Kier alpha value is -3.54. The largest absolute Gasteiger partial charge is 0.384 e. The van der Waals surface area contributed by atoms with Crippen molar-refractivity contribution in [3.8, 4) is 22.3 Å². The quantitative estimate of drug-likeness (QED) is 0.435. The van der Waals surface area contributed by atoms with E-state index in [0.717, 1.165) is 22.3 Å². The highest BCUT2D eigenvalue weighted by Gasteiger charge is 2.04. The molecule has 0 fully saturated rings. The maximum Gasteiger partial charge on any atom is 0.194 e. The van der Waals surface area contributed by atoms with Crippen LogP contribution in [0.5, 0.6) is 0 Å². The fourth-order valence-electron chi connectivity index (χ4n) is 2.31. The van der Waals surface area contributed by atoms with E-state index >= 15 is 0 Å². The third kappa shape index (κ3) is 3.12. The lowest BCUT2D eigenvalue weighted by atomic mass is 10.0. The SMILES string of the molecule is N=C(N)c1ccc(-c2ccc(-c3cnc(C(=N)N)nc3)cc2)cc1. The van der Waals surface area contributed by atoms with Gasteiger partial charge in [-0.1, -0.05) is 48.5 Å². The zero-order valence-electron chi connectivity index (χ0n) is 12.8. The summed E-state index contributed by atoms with van der Waals surface area (Å²) >= 11 is 0. The van der Waals surface area contributed by atoms with Gasteiger partial charge in [0.2, 0.25) is 0 Å². The first-order valence-corrected chi connectivity index (χ1v) is 7.26. The van der Waals surface area contributed by atoms with Crippen LogP contribution in [0, 0.1) is 10.8 Å². The van der Waals surface area contributed by atoms with E-state index in [9.17, 15) is 0 Å². The van der Waals surface area contributed by atoms with Crippen LogP contribution >= 0.6 is 0 Å². The van der Waals surface area contributed by atoms with Crippen LogP contribution in [-0.2, 0) is 0 Å². The second kappa shape index (κ2) is 6.29. The number of nitrogens with zero attached hydrogens (tertiary/aromatic N) is 2. The Kier molecular flexibility index (Phi) is 4.03. The van der Waals surface area contributed by atoms with Crippen molar-refractivity contribution in [2.75, 3.05) is 0 Å². The fraction of sp³-hybridized carbons (Fsp3) is 0. The molecular weight excluding hydrogens is 300 g/mol. The van der Waals surface area contributed by atoms with Crippen LogP contribution in [0.15, 0.2) is 60.9 Å². The van der Waals surface area contributed by atoms with E-state index in [1.807, 2.05) is 48.5 Å². The Labute approximate surface area is 139 Å². The van der Waals surface area contributed by atoms with Crippen molar-refractivity contribution in [2.45, 2.75) is 0 Å². The summed E-state index contributed by atoms with van der Waals surface area (Å²) < 4.78 is 0. The Bertz CT molecular complexity index is 804. The lowest BCUT2D eigenvalue weighted by molar-refractivity contribution is 1.12. The maximum atomic E-state index is 7.42. The molecular formula is C18H16N6. The predicted octanol–water partition coefficient (Wildman–Crippen LogP) is 2.38. The molecule has 1 aromatic heterocycles. The predicted molar refractivity (Wildman–Crippen MR) is 94.9 cm³/mol. The number of rotatable bonds is 4. The minimum absolute atomic E-state index is 0.0610. The average molecular weight is 316 g/mol. The number of amidine groups is 2. The smallest absolute Gasteiger partial charge is 0.194 e. The van der Waals surface area contributed by atoms with Crippen LogP contribution in [0.1, 0.15) is 11.4 Å². The van der Waals surface area contributed by atoms with Crippen LogP contribution in [0.3, 0.4) is 0 Å². The Morgan fingerprint density at radius 1 is 0.625 bits per heavy atom. The normalized spacial score (nSPS) is 10.3. The van der Waals surface area contributed by atoms with Gasteiger partial charge in [-0.25, -0.2) is 9.97 Å². The molecule has 6 heteroatoms. The molecule has 0 amide bonds. The van der Waals surface area contributed by atoms with Gasteiger partial charge in [0.25, 0.3) is 0 Å². The van der Waals surface area contributed by atoms with E-state index in [-0.39, 0.29) is 17.5 Å². The van der Waals surface area contributed by atoms with E-state index < -0.39 is 0 Å². The number of benzene rings is 2. The van der Waals surface area contributed by atoms with Gasteiger partial charge in [-0.3, -0.25) is 10.8 Å². The molecule has 118 valence electrons. The van der Waals surface area contributed by atoms with Crippen LogP contribution in [0.4, 0.5) is 0 Å². The molecule has 0 saturated carbocycles.